The first kappa shape index (κ1) is 13.7. The third kappa shape index (κ3) is 2.84. The minimum absolute atomic E-state index is 0.173. The summed E-state index contributed by atoms with van der Waals surface area (Å²) < 4.78 is 24.8. The van der Waals surface area contributed by atoms with Crippen molar-refractivity contribution < 1.29 is 13.9 Å². The van der Waals surface area contributed by atoms with E-state index in [1.54, 1.807) is 13.1 Å². The van der Waals surface area contributed by atoms with E-state index in [-0.39, 0.29) is 18.3 Å². The third-order valence-electron chi connectivity index (χ3n) is 3.47. The highest BCUT2D eigenvalue weighted by Crippen LogP contribution is 2.34. The summed E-state index contributed by atoms with van der Waals surface area (Å²) in [5, 5.41) is 12.0. The van der Waals surface area contributed by atoms with Crippen LogP contribution in [-0.2, 0) is 0 Å². The topological polar surface area (TPSA) is 23.5 Å². The van der Waals surface area contributed by atoms with E-state index >= 15 is 0 Å². The van der Waals surface area contributed by atoms with Crippen LogP contribution in [-0.4, -0.2) is 30.0 Å². The Labute approximate surface area is 111 Å². The van der Waals surface area contributed by atoms with Crippen LogP contribution in [0, 0.1) is 0 Å². The van der Waals surface area contributed by atoms with Crippen LogP contribution in [0.15, 0.2) is 36.4 Å². The number of hydrogen-bond acceptors (Lipinski definition) is 2. The van der Waals surface area contributed by atoms with E-state index in [1.165, 1.54) is 4.90 Å². The fourth-order valence-electron chi connectivity index (χ4n) is 2.22. The molecule has 0 saturated heterocycles. The van der Waals surface area contributed by atoms with Gasteiger partial charge < -0.3 is 5.11 Å². The van der Waals surface area contributed by atoms with Crippen molar-refractivity contribution >= 4 is 10.8 Å². The maximum Gasteiger partial charge on any atom is 0.251 e. The fraction of sp³-hybridized carbons (Fsp3) is 0.333. The van der Waals surface area contributed by atoms with Crippen LogP contribution >= 0.6 is 0 Å². The minimum atomic E-state index is -2.38. The van der Waals surface area contributed by atoms with Crippen LogP contribution < -0.4 is 0 Å². The number of rotatable bonds is 4. The molecule has 0 amide bonds. The molecule has 0 fully saturated rings. The van der Waals surface area contributed by atoms with Crippen molar-refractivity contribution in [2.24, 2.45) is 0 Å². The Kier molecular flexibility index (Phi) is 4.00. The average molecular weight is 265 g/mol. The first-order chi connectivity index (χ1) is 9.00. The fourth-order valence-corrected chi connectivity index (χ4v) is 2.22. The van der Waals surface area contributed by atoms with Crippen molar-refractivity contribution in [1.29, 1.82) is 0 Å². The molecule has 0 aromatic heterocycles. The van der Waals surface area contributed by atoms with Gasteiger partial charge in [-0.25, -0.2) is 8.78 Å². The van der Waals surface area contributed by atoms with Crippen molar-refractivity contribution in [2.45, 2.75) is 19.4 Å². The van der Waals surface area contributed by atoms with Crippen LogP contribution in [0.5, 0.6) is 5.75 Å². The molecule has 19 heavy (non-hydrogen) atoms. The predicted octanol–water partition coefficient (Wildman–Crippen LogP) is 3.80. The van der Waals surface area contributed by atoms with Gasteiger partial charge in [0.05, 0.1) is 6.54 Å². The summed E-state index contributed by atoms with van der Waals surface area (Å²) >= 11 is 0. The normalized spacial score (nSPS) is 13.4. The number of benzene rings is 2. The Hall–Kier alpha value is -1.68. The Morgan fingerprint density at radius 1 is 1.16 bits per heavy atom. The number of phenolic OH excluding ortho intramolecular Hbond substituents is 1. The van der Waals surface area contributed by atoms with E-state index in [1.807, 2.05) is 37.3 Å². The standard InChI is InChI=1S/C15H17F2NO/c1-10(18(2)9-14(16)17)12-8-7-11-5-3-4-6-13(11)15(12)19/h3-8,10,14,19H,9H2,1-2H3. The van der Waals surface area contributed by atoms with Crippen LogP contribution in [0.2, 0.25) is 0 Å². The molecule has 0 aliphatic heterocycles. The molecule has 0 bridgehead atoms. The molecule has 0 radical (unpaired) electrons. The van der Waals surface area contributed by atoms with Gasteiger partial charge >= 0.3 is 0 Å². The molecule has 1 atom stereocenters. The summed E-state index contributed by atoms with van der Waals surface area (Å²) in [5.74, 6) is 0.173. The van der Waals surface area contributed by atoms with Crippen LogP contribution in [0.1, 0.15) is 18.5 Å². The largest absolute Gasteiger partial charge is 0.507 e. The quantitative estimate of drug-likeness (QED) is 0.908. The molecule has 4 heteroatoms. The molecule has 2 rings (SSSR count). The second-order valence-corrected chi connectivity index (χ2v) is 4.73. The summed E-state index contributed by atoms with van der Waals surface area (Å²) in [5.41, 5.74) is 0.668. The molecule has 0 aliphatic carbocycles. The maximum absolute atomic E-state index is 12.4. The van der Waals surface area contributed by atoms with Gasteiger partial charge in [0, 0.05) is 17.0 Å². The van der Waals surface area contributed by atoms with Crippen molar-refractivity contribution in [3.05, 3.63) is 42.0 Å². The SMILES string of the molecule is CC(c1ccc2ccccc2c1O)N(C)CC(F)F. The smallest absolute Gasteiger partial charge is 0.251 e. The van der Waals surface area contributed by atoms with Gasteiger partial charge in [0.25, 0.3) is 6.43 Å². The molecule has 1 N–H and O–H groups in total. The van der Waals surface area contributed by atoms with Gasteiger partial charge in [-0.2, -0.15) is 0 Å². The first-order valence-corrected chi connectivity index (χ1v) is 6.19. The molecule has 0 aliphatic rings. The maximum atomic E-state index is 12.4. The average Bonchev–Trinajstić information content (AvgIpc) is 2.38. The number of phenols is 1. The van der Waals surface area contributed by atoms with Crippen molar-refractivity contribution in [3.63, 3.8) is 0 Å². The predicted molar refractivity (Wildman–Crippen MR) is 72.7 cm³/mol. The number of aromatic hydroxyl groups is 1. The van der Waals surface area contributed by atoms with Crippen LogP contribution in [0.25, 0.3) is 10.8 Å². The second-order valence-electron chi connectivity index (χ2n) is 4.73. The Morgan fingerprint density at radius 2 is 1.84 bits per heavy atom. The van der Waals surface area contributed by atoms with Gasteiger partial charge in [0.15, 0.2) is 0 Å². The van der Waals surface area contributed by atoms with E-state index in [2.05, 4.69) is 0 Å². The highest BCUT2D eigenvalue weighted by Gasteiger charge is 2.19. The van der Waals surface area contributed by atoms with Gasteiger partial charge in [-0.05, 0) is 19.4 Å². The zero-order chi connectivity index (χ0) is 14.0. The number of hydrogen-bond donors (Lipinski definition) is 1. The van der Waals surface area contributed by atoms with Gasteiger partial charge in [0.1, 0.15) is 5.75 Å². The molecule has 0 saturated carbocycles. The summed E-state index contributed by atoms with van der Waals surface area (Å²) in [6.07, 6.45) is -2.38. The molecule has 0 heterocycles. The zero-order valence-electron chi connectivity index (χ0n) is 11.0. The summed E-state index contributed by atoms with van der Waals surface area (Å²) in [7, 11) is 1.63. The first-order valence-electron chi connectivity index (χ1n) is 6.19. The van der Waals surface area contributed by atoms with Crippen LogP contribution in [0.4, 0.5) is 8.78 Å². The third-order valence-corrected chi connectivity index (χ3v) is 3.47. The molecule has 1 unspecified atom stereocenters. The number of nitrogens with zero attached hydrogens (tertiary/aromatic N) is 1. The molecule has 0 spiro atoms. The summed E-state index contributed by atoms with van der Waals surface area (Å²) in [6.45, 7) is 1.50. The lowest BCUT2D eigenvalue weighted by atomic mass is 10.0. The molecular weight excluding hydrogens is 248 g/mol. The van der Waals surface area contributed by atoms with E-state index < -0.39 is 6.43 Å². The minimum Gasteiger partial charge on any atom is -0.507 e. The lowest BCUT2D eigenvalue weighted by Crippen LogP contribution is -2.27. The Bertz CT molecular complexity index is 571. The van der Waals surface area contributed by atoms with Crippen LogP contribution in [0.3, 0.4) is 0 Å². The zero-order valence-corrected chi connectivity index (χ0v) is 11.0. The van der Waals surface area contributed by atoms with Crippen molar-refractivity contribution in [3.8, 4) is 5.75 Å². The van der Waals surface area contributed by atoms with E-state index in [0.717, 1.165) is 10.8 Å². The molecule has 102 valence electrons. The van der Waals surface area contributed by atoms with E-state index in [4.69, 9.17) is 0 Å². The molecule has 2 aromatic rings. The van der Waals surface area contributed by atoms with Gasteiger partial charge in [-0.3, -0.25) is 4.90 Å². The van der Waals surface area contributed by atoms with E-state index in [9.17, 15) is 13.9 Å². The lowest BCUT2D eigenvalue weighted by Gasteiger charge is -2.25. The lowest BCUT2D eigenvalue weighted by molar-refractivity contribution is 0.0838. The Morgan fingerprint density at radius 3 is 2.53 bits per heavy atom. The number of halogens is 2. The summed E-state index contributed by atoms with van der Waals surface area (Å²) in [4.78, 5) is 1.54. The highest BCUT2D eigenvalue weighted by atomic mass is 19.3. The molecule has 2 aromatic carbocycles. The Balaban J connectivity index is 2.37. The van der Waals surface area contributed by atoms with Gasteiger partial charge in [-0.15, -0.1) is 0 Å². The highest BCUT2D eigenvalue weighted by molar-refractivity contribution is 5.89. The van der Waals surface area contributed by atoms with E-state index in [0.29, 0.717) is 5.56 Å². The second kappa shape index (κ2) is 5.53. The monoisotopic (exact) mass is 265 g/mol. The molecule has 2 nitrogen and oxygen atoms in total. The van der Waals surface area contributed by atoms with Gasteiger partial charge in [-0.1, -0.05) is 36.4 Å². The van der Waals surface area contributed by atoms with Crippen molar-refractivity contribution in [2.75, 3.05) is 13.6 Å². The summed E-state index contributed by atoms with van der Waals surface area (Å²) in [6, 6.07) is 10.9. The number of fused-ring (bicyclic) bond motifs is 1. The number of alkyl halides is 2. The van der Waals surface area contributed by atoms with Gasteiger partial charge in [0.2, 0.25) is 0 Å². The molecular formula is C15H17F2NO. The van der Waals surface area contributed by atoms with Crippen molar-refractivity contribution in [1.82, 2.24) is 4.90 Å².